The number of anilines is 1. The molecule has 0 unspecified atom stereocenters. The van der Waals surface area contributed by atoms with Gasteiger partial charge in [0.25, 0.3) is 0 Å². The number of hydrogen-bond donors (Lipinski definition) is 1. The Balaban J connectivity index is 1.86. The maximum absolute atomic E-state index is 13.7. The lowest BCUT2D eigenvalue weighted by Gasteiger charge is -2.08. The Hall–Kier alpha value is -2.49. The molecule has 2 aromatic rings. The molecule has 0 aliphatic heterocycles. The first-order valence-corrected chi connectivity index (χ1v) is 6.83. The Morgan fingerprint density at radius 3 is 2.57 bits per heavy atom. The van der Waals surface area contributed by atoms with E-state index in [0.29, 0.717) is 17.5 Å². The Morgan fingerprint density at radius 1 is 1.14 bits per heavy atom. The quantitative estimate of drug-likeness (QED) is 0.870. The largest absolute Gasteiger partial charge is 0.326 e. The van der Waals surface area contributed by atoms with Crippen LogP contribution in [0, 0.1) is 11.7 Å². The van der Waals surface area contributed by atoms with Crippen molar-refractivity contribution in [2.75, 3.05) is 5.32 Å². The zero-order valence-corrected chi connectivity index (χ0v) is 11.3. The highest BCUT2D eigenvalue weighted by Gasteiger charge is 2.29. The summed E-state index contributed by atoms with van der Waals surface area (Å²) in [6.45, 7) is 0. The van der Waals surface area contributed by atoms with Crippen LogP contribution in [0.15, 0.2) is 42.5 Å². The number of nitrogens with one attached hydrogen (secondary N) is 1. The number of amides is 1. The maximum atomic E-state index is 13.7. The van der Waals surface area contributed by atoms with Crippen molar-refractivity contribution in [2.24, 2.45) is 5.92 Å². The Morgan fingerprint density at radius 2 is 1.90 bits per heavy atom. The second-order valence-corrected chi connectivity index (χ2v) is 5.20. The van der Waals surface area contributed by atoms with E-state index in [1.165, 1.54) is 12.1 Å². The van der Waals surface area contributed by atoms with Crippen molar-refractivity contribution in [3.05, 3.63) is 53.8 Å². The average molecular weight is 283 g/mol. The molecule has 2 aromatic carbocycles. The molecule has 0 saturated heterocycles. The molecule has 0 atom stereocenters. The second kappa shape index (κ2) is 5.48. The Labute approximate surface area is 121 Å². The van der Waals surface area contributed by atoms with Crippen LogP contribution in [-0.4, -0.2) is 12.2 Å². The van der Waals surface area contributed by atoms with Crippen molar-refractivity contribution in [1.29, 1.82) is 0 Å². The van der Waals surface area contributed by atoms with Gasteiger partial charge < -0.3 is 5.32 Å². The molecule has 21 heavy (non-hydrogen) atoms. The summed E-state index contributed by atoms with van der Waals surface area (Å²) in [5.74, 6) is -0.373. The monoisotopic (exact) mass is 283 g/mol. The van der Waals surface area contributed by atoms with Crippen molar-refractivity contribution < 1.29 is 14.0 Å². The average Bonchev–Trinajstić information content (AvgIpc) is 3.32. The zero-order chi connectivity index (χ0) is 14.8. The summed E-state index contributed by atoms with van der Waals surface area (Å²) < 4.78 is 13.7. The number of hydrogen-bond acceptors (Lipinski definition) is 2. The molecule has 0 bridgehead atoms. The SMILES string of the molecule is O=Cc1ccc(-c2cccc(NC(=O)C3CC3)c2)cc1F. The summed E-state index contributed by atoms with van der Waals surface area (Å²) in [6.07, 6.45) is 2.39. The molecular formula is C17H14FNO2. The molecule has 1 fully saturated rings. The maximum Gasteiger partial charge on any atom is 0.227 e. The molecule has 1 N–H and O–H groups in total. The summed E-state index contributed by atoms with van der Waals surface area (Å²) in [7, 11) is 0. The fraction of sp³-hybridized carbons (Fsp3) is 0.176. The molecule has 3 nitrogen and oxygen atoms in total. The number of rotatable bonds is 4. The van der Waals surface area contributed by atoms with Gasteiger partial charge in [-0.3, -0.25) is 9.59 Å². The van der Waals surface area contributed by atoms with Gasteiger partial charge in [0.15, 0.2) is 6.29 Å². The molecular weight excluding hydrogens is 269 g/mol. The van der Waals surface area contributed by atoms with E-state index in [-0.39, 0.29) is 17.4 Å². The molecule has 1 amide bonds. The van der Waals surface area contributed by atoms with Gasteiger partial charge >= 0.3 is 0 Å². The summed E-state index contributed by atoms with van der Waals surface area (Å²) in [4.78, 5) is 22.4. The van der Waals surface area contributed by atoms with E-state index in [1.807, 2.05) is 12.1 Å². The highest BCUT2D eigenvalue weighted by atomic mass is 19.1. The third-order valence-electron chi connectivity index (χ3n) is 3.54. The lowest BCUT2D eigenvalue weighted by atomic mass is 10.0. The molecule has 3 rings (SSSR count). The standard InChI is InChI=1S/C17H14FNO2/c18-16-9-13(6-7-14(16)10-20)12-2-1-3-15(8-12)19-17(21)11-4-5-11/h1-3,6-11H,4-5H2,(H,19,21). The van der Waals surface area contributed by atoms with E-state index in [2.05, 4.69) is 5.32 Å². The van der Waals surface area contributed by atoms with Gasteiger partial charge in [-0.05, 0) is 48.2 Å². The van der Waals surface area contributed by atoms with E-state index >= 15 is 0 Å². The van der Waals surface area contributed by atoms with Crippen LogP contribution in [0.2, 0.25) is 0 Å². The van der Waals surface area contributed by atoms with Crippen molar-refractivity contribution >= 4 is 17.9 Å². The molecule has 0 heterocycles. The lowest BCUT2D eigenvalue weighted by molar-refractivity contribution is -0.117. The van der Waals surface area contributed by atoms with Crippen molar-refractivity contribution in [3.8, 4) is 11.1 Å². The minimum Gasteiger partial charge on any atom is -0.326 e. The zero-order valence-electron chi connectivity index (χ0n) is 11.3. The second-order valence-electron chi connectivity index (χ2n) is 5.20. The van der Waals surface area contributed by atoms with Crippen LogP contribution in [0.1, 0.15) is 23.2 Å². The molecule has 1 aliphatic carbocycles. The predicted octanol–water partition coefficient (Wildman–Crippen LogP) is 3.65. The summed E-state index contributed by atoms with van der Waals surface area (Å²) in [6, 6.07) is 11.7. The number of aldehydes is 1. The first-order valence-electron chi connectivity index (χ1n) is 6.83. The summed E-state index contributed by atoms with van der Waals surface area (Å²) in [5.41, 5.74) is 2.20. The van der Waals surface area contributed by atoms with Gasteiger partial charge in [-0.15, -0.1) is 0 Å². The number of benzene rings is 2. The fourth-order valence-electron chi connectivity index (χ4n) is 2.17. The normalized spacial score (nSPS) is 13.8. The van der Waals surface area contributed by atoms with E-state index < -0.39 is 5.82 Å². The van der Waals surface area contributed by atoms with Gasteiger partial charge in [0.2, 0.25) is 5.91 Å². The van der Waals surface area contributed by atoms with Crippen molar-refractivity contribution in [1.82, 2.24) is 0 Å². The van der Waals surface area contributed by atoms with Crippen LogP contribution >= 0.6 is 0 Å². The first kappa shape index (κ1) is 13.5. The van der Waals surface area contributed by atoms with Crippen LogP contribution in [-0.2, 0) is 4.79 Å². The van der Waals surface area contributed by atoms with E-state index in [9.17, 15) is 14.0 Å². The van der Waals surface area contributed by atoms with Crippen molar-refractivity contribution in [2.45, 2.75) is 12.8 Å². The van der Waals surface area contributed by atoms with Crippen LogP contribution in [0.5, 0.6) is 0 Å². The Bertz CT molecular complexity index is 708. The van der Waals surface area contributed by atoms with Crippen LogP contribution in [0.25, 0.3) is 11.1 Å². The van der Waals surface area contributed by atoms with Crippen LogP contribution in [0.3, 0.4) is 0 Å². The summed E-state index contributed by atoms with van der Waals surface area (Å²) >= 11 is 0. The van der Waals surface area contributed by atoms with E-state index in [1.54, 1.807) is 18.2 Å². The van der Waals surface area contributed by atoms with Gasteiger partial charge in [-0.25, -0.2) is 4.39 Å². The molecule has 4 heteroatoms. The molecule has 0 radical (unpaired) electrons. The van der Waals surface area contributed by atoms with Gasteiger partial charge in [0.05, 0.1) is 5.56 Å². The number of carbonyl (C=O) groups excluding carboxylic acids is 2. The Kier molecular flexibility index (Phi) is 3.52. The minimum absolute atomic E-state index is 0.0367. The molecule has 1 aliphatic rings. The molecule has 0 aromatic heterocycles. The fourth-order valence-corrected chi connectivity index (χ4v) is 2.17. The third kappa shape index (κ3) is 2.99. The highest BCUT2D eigenvalue weighted by molar-refractivity contribution is 5.94. The third-order valence-corrected chi connectivity index (χ3v) is 3.54. The smallest absolute Gasteiger partial charge is 0.227 e. The van der Waals surface area contributed by atoms with Gasteiger partial charge in [-0.1, -0.05) is 18.2 Å². The molecule has 0 spiro atoms. The van der Waals surface area contributed by atoms with Gasteiger partial charge in [-0.2, -0.15) is 0 Å². The topological polar surface area (TPSA) is 46.2 Å². The highest BCUT2D eigenvalue weighted by Crippen LogP contribution is 2.31. The molecule has 1 saturated carbocycles. The minimum atomic E-state index is -0.546. The molecule has 106 valence electrons. The first-order chi connectivity index (χ1) is 10.2. The van der Waals surface area contributed by atoms with Crippen LogP contribution < -0.4 is 5.32 Å². The van der Waals surface area contributed by atoms with Gasteiger partial charge in [0.1, 0.15) is 5.82 Å². The number of halogens is 1. The summed E-state index contributed by atoms with van der Waals surface area (Å²) in [5, 5.41) is 2.86. The van der Waals surface area contributed by atoms with E-state index in [0.717, 1.165) is 18.4 Å². The van der Waals surface area contributed by atoms with Crippen molar-refractivity contribution in [3.63, 3.8) is 0 Å². The lowest BCUT2D eigenvalue weighted by Crippen LogP contribution is -2.13. The van der Waals surface area contributed by atoms with Crippen LogP contribution in [0.4, 0.5) is 10.1 Å². The number of carbonyl (C=O) groups is 2. The van der Waals surface area contributed by atoms with Gasteiger partial charge in [0, 0.05) is 11.6 Å². The van der Waals surface area contributed by atoms with E-state index in [4.69, 9.17) is 0 Å². The predicted molar refractivity (Wildman–Crippen MR) is 78.6 cm³/mol.